The molecule has 0 unspecified atom stereocenters. The highest BCUT2D eigenvalue weighted by Gasteiger charge is 2.38. The van der Waals surface area contributed by atoms with Gasteiger partial charge in [-0.3, -0.25) is 4.98 Å². The lowest BCUT2D eigenvalue weighted by Gasteiger charge is -2.12. The highest BCUT2D eigenvalue weighted by atomic mass is 35.5. The van der Waals surface area contributed by atoms with E-state index in [2.05, 4.69) is 4.98 Å². The van der Waals surface area contributed by atoms with Gasteiger partial charge in [0.1, 0.15) is 11.8 Å². The Hall–Kier alpha value is -1.42. The third-order valence-corrected chi connectivity index (χ3v) is 1.95. The van der Waals surface area contributed by atoms with Crippen molar-refractivity contribution in [2.75, 3.05) is 0 Å². The monoisotopic (exact) mass is 256 g/mol. The Bertz CT molecular complexity index is 449. The van der Waals surface area contributed by atoms with Crippen LogP contribution in [0.25, 0.3) is 0 Å². The van der Waals surface area contributed by atoms with Crippen molar-refractivity contribution in [3.05, 3.63) is 28.0 Å². The van der Waals surface area contributed by atoms with Crippen LogP contribution in [0.4, 0.5) is 22.0 Å². The van der Waals surface area contributed by atoms with Crippen molar-refractivity contribution in [1.29, 1.82) is 5.26 Å². The molecule has 8 heteroatoms. The zero-order valence-corrected chi connectivity index (χ0v) is 8.07. The Kier molecular flexibility index (Phi) is 3.33. The van der Waals surface area contributed by atoms with E-state index in [1.165, 1.54) is 0 Å². The van der Waals surface area contributed by atoms with E-state index in [-0.39, 0.29) is 0 Å². The van der Waals surface area contributed by atoms with Crippen molar-refractivity contribution in [3.8, 4) is 6.07 Å². The van der Waals surface area contributed by atoms with Crippen LogP contribution in [0.1, 0.15) is 23.2 Å². The van der Waals surface area contributed by atoms with E-state index in [0.717, 1.165) is 6.07 Å². The van der Waals surface area contributed by atoms with Crippen LogP contribution >= 0.6 is 11.6 Å². The van der Waals surface area contributed by atoms with Gasteiger partial charge >= 0.3 is 6.18 Å². The van der Waals surface area contributed by atoms with Gasteiger partial charge in [-0.1, -0.05) is 11.6 Å². The van der Waals surface area contributed by atoms with Crippen molar-refractivity contribution < 1.29 is 22.0 Å². The predicted octanol–water partition coefficient (Wildman–Crippen LogP) is 3.56. The molecule has 1 heterocycles. The summed E-state index contributed by atoms with van der Waals surface area (Å²) in [4.78, 5) is 3.02. The molecule has 86 valence electrons. The summed E-state index contributed by atoms with van der Waals surface area (Å²) >= 11 is 5.19. The van der Waals surface area contributed by atoms with Crippen molar-refractivity contribution in [2.45, 2.75) is 12.6 Å². The number of alkyl halides is 5. The molecule has 1 aromatic heterocycles. The van der Waals surface area contributed by atoms with Gasteiger partial charge < -0.3 is 0 Å². The first-order valence-electron chi connectivity index (χ1n) is 3.73. The van der Waals surface area contributed by atoms with Gasteiger partial charge in [-0.05, 0) is 0 Å². The predicted molar refractivity (Wildman–Crippen MR) is 43.9 cm³/mol. The van der Waals surface area contributed by atoms with Crippen LogP contribution in [-0.2, 0) is 6.18 Å². The molecule has 2 nitrogen and oxygen atoms in total. The Morgan fingerprint density at radius 3 is 2.31 bits per heavy atom. The quantitative estimate of drug-likeness (QED) is 0.720. The molecule has 0 bridgehead atoms. The molecule has 0 N–H and O–H groups in total. The average Bonchev–Trinajstić information content (AvgIpc) is 2.14. The zero-order valence-electron chi connectivity index (χ0n) is 7.32. The Labute approximate surface area is 91.3 Å². The Balaban J connectivity index is 3.60. The third-order valence-electron chi connectivity index (χ3n) is 1.66. The molecule has 0 aliphatic rings. The summed E-state index contributed by atoms with van der Waals surface area (Å²) in [6, 6.07) is 1.05. The third kappa shape index (κ3) is 2.22. The van der Waals surface area contributed by atoms with Gasteiger partial charge in [-0.15, -0.1) is 0 Å². The second-order valence-electron chi connectivity index (χ2n) is 2.65. The maximum absolute atomic E-state index is 12.4. The topological polar surface area (TPSA) is 36.7 Å². The maximum Gasteiger partial charge on any atom is 0.419 e. The molecular weight excluding hydrogens is 255 g/mol. The first-order chi connectivity index (χ1) is 7.29. The molecule has 0 spiro atoms. The number of hydrogen-bond acceptors (Lipinski definition) is 2. The van der Waals surface area contributed by atoms with Crippen molar-refractivity contribution in [3.63, 3.8) is 0 Å². The molecule has 0 radical (unpaired) electrons. The number of nitriles is 1. The molecular formula is C8H2ClF5N2. The highest BCUT2D eigenvalue weighted by molar-refractivity contribution is 6.31. The number of aromatic nitrogens is 1. The molecule has 0 aliphatic carbocycles. The minimum atomic E-state index is -4.98. The van der Waals surface area contributed by atoms with Crippen molar-refractivity contribution >= 4 is 11.6 Å². The van der Waals surface area contributed by atoms with Gasteiger partial charge in [0, 0.05) is 6.20 Å². The molecule has 1 aromatic rings. The van der Waals surface area contributed by atoms with Gasteiger partial charge in [0.2, 0.25) is 0 Å². The van der Waals surface area contributed by atoms with Crippen molar-refractivity contribution in [2.24, 2.45) is 0 Å². The second kappa shape index (κ2) is 4.22. The van der Waals surface area contributed by atoms with E-state index < -0.39 is 34.4 Å². The van der Waals surface area contributed by atoms with Gasteiger partial charge in [0.15, 0.2) is 0 Å². The molecule has 16 heavy (non-hydrogen) atoms. The van der Waals surface area contributed by atoms with Crippen LogP contribution in [0.3, 0.4) is 0 Å². The fraction of sp³-hybridized carbons (Fsp3) is 0.250. The standard InChI is InChI=1S/C8H2ClF5N2/c9-4-2-16-6(7(10)11)3(1-15)5(4)8(12,13)14/h2,7H. The number of pyridine rings is 1. The number of nitrogens with zero attached hydrogens (tertiary/aromatic N) is 2. The molecule has 0 saturated carbocycles. The van der Waals surface area contributed by atoms with Crippen LogP contribution in [0, 0.1) is 11.3 Å². The lowest BCUT2D eigenvalue weighted by molar-refractivity contribution is -0.137. The second-order valence-corrected chi connectivity index (χ2v) is 3.06. The van der Waals surface area contributed by atoms with Crippen molar-refractivity contribution in [1.82, 2.24) is 4.98 Å². The summed E-state index contributed by atoms with van der Waals surface area (Å²) < 4.78 is 61.9. The SMILES string of the molecule is N#Cc1c(C(F)F)ncc(Cl)c1C(F)(F)F. The van der Waals surface area contributed by atoms with Crippen LogP contribution in [0.2, 0.25) is 5.02 Å². The summed E-state index contributed by atoms with van der Waals surface area (Å²) in [5, 5.41) is 7.57. The van der Waals surface area contributed by atoms with Gasteiger partial charge in [-0.25, -0.2) is 8.78 Å². The maximum atomic E-state index is 12.4. The first-order valence-corrected chi connectivity index (χ1v) is 4.10. The fourth-order valence-corrected chi connectivity index (χ4v) is 1.31. The lowest BCUT2D eigenvalue weighted by Crippen LogP contribution is -2.12. The molecule has 0 saturated heterocycles. The first kappa shape index (κ1) is 12.6. The van der Waals surface area contributed by atoms with Crippen LogP contribution in [-0.4, -0.2) is 4.98 Å². The normalized spacial score (nSPS) is 11.6. The van der Waals surface area contributed by atoms with E-state index in [1.807, 2.05) is 0 Å². The van der Waals surface area contributed by atoms with E-state index >= 15 is 0 Å². The summed E-state index contributed by atoms with van der Waals surface area (Å²) in [7, 11) is 0. The molecule has 0 amide bonds. The van der Waals surface area contributed by atoms with E-state index in [1.54, 1.807) is 0 Å². The minimum Gasteiger partial charge on any atom is -0.252 e. The van der Waals surface area contributed by atoms with Gasteiger partial charge in [0.05, 0.1) is 16.1 Å². The molecule has 0 fully saturated rings. The minimum absolute atomic E-state index is 0.451. The Morgan fingerprint density at radius 1 is 1.38 bits per heavy atom. The zero-order chi connectivity index (χ0) is 12.5. The number of hydrogen-bond donors (Lipinski definition) is 0. The van der Waals surface area contributed by atoms with E-state index in [9.17, 15) is 22.0 Å². The fourth-order valence-electron chi connectivity index (χ4n) is 1.06. The smallest absolute Gasteiger partial charge is 0.252 e. The largest absolute Gasteiger partial charge is 0.419 e. The van der Waals surface area contributed by atoms with E-state index in [0.29, 0.717) is 6.20 Å². The Morgan fingerprint density at radius 2 is 1.94 bits per heavy atom. The molecule has 0 atom stereocenters. The van der Waals surface area contributed by atoms with Crippen LogP contribution in [0.15, 0.2) is 6.20 Å². The van der Waals surface area contributed by atoms with Crippen LogP contribution < -0.4 is 0 Å². The van der Waals surface area contributed by atoms with Gasteiger partial charge in [0.25, 0.3) is 6.43 Å². The summed E-state index contributed by atoms with van der Waals surface area (Å²) in [6.07, 6.45) is -7.80. The average molecular weight is 257 g/mol. The van der Waals surface area contributed by atoms with E-state index in [4.69, 9.17) is 16.9 Å². The highest BCUT2D eigenvalue weighted by Crippen LogP contribution is 2.39. The van der Waals surface area contributed by atoms with Gasteiger partial charge in [-0.2, -0.15) is 18.4 Å². The number of rotatable bonds is 1. The number of halogens is 6. The molecule has 0 aromatic carbocycles. The lowest BCUT2D eigenvalue weighted by atomic mass is 10.1. The molecule has 1 rings (SSSR count). The molecule has 0 aliphatic heterocycles. The summed E-state index contributed by atoms with van der Waals surface area (Å²) in [6.45, 7) is 0. The summed E-state index contributed by atoms with van der Waals surface area (Å²) in [5.41, 5.74) is -4.05. The summed E-state index contributed by atoms with van der Waals surface area (Å²) in [5.74, 6) is 0. The van der Waals surface area contributed by atoms with Crippen LogP contribution in [0.5, 0.6) is 0 Å².